The molecule has 29 heavy (non-hydrogen) atoms. The number of furan rings is 1. The first-order chi connectivity index (χ1) is 14.0. The Balaban J connectivity index is 1.41. The Morgan fingerprint density at radius 3 is 2.59 bits per heavy atom. The van der Waals surface area contributed by atoms with Crippen molar-refractivity contribution < 1.29 is 17.6 Å². The molecule has 1 amide bonds. The minimum atomic E-state index is -3.66. The topological polar surface area (TPSA) is 101 Å². The van der Waals surface area contributed by atoms with Crippen LogP contribution in [-0.4, -0.2) is 19.3 Å². The van der Waals surface area contributed by atoms with Gasteiger partial charge in [-0.1, -0.05) is 6.07 Å². The van der Waals surface area contributed by atoms with Crippen LogP contribution in [0.4, 0.5) is 5.13 Å². The lowest BCUT2D eigenvalue weighted by atomic mass is 10.2. The molecule has 148 valence electrons. The fraction of sp³-hybridized carbons (Fsp3) is 0.0526. The van der Waals surface area contributed by atoms with Crippen LogP contribution in [0.15, 0.2) is 74.9 Å². The number of anilines is 1. The summed E-state index contributed by atoms with van der Waals surface area (Å²) in [5, 5.41) is 6.80. The zero-order chi connectivity index (χ0) is 20.3. The van der Waals surface area contributed by atoms with E-state index in [1.54, 1.807) is 23.8 Å². The molecule has 7 nitrogen and oxygen atoms in total. The van der Waals surface area contributed by atoms with Gasteiger partial charge in [-0.05, 0) is 47.8 Å². The van der Waals surface area contributed by atoms with Gasteiger partial charge in [0, 0.05) is 22.4 Å². The number of thiazole rings is 1. The summed E-state index contributed by atoms with van der Waals surface area (Å²) in [4.78, 5) is 17.7. The van der Waals surface area contributed by atoms with E-state index in [2.05, 4.69) is 15.0 Å². The van der Waals surface area contributed by atoms with Gasteiger partial charge in [-0.25, -0.2) is 18.1 Å². The molecule has 0 atom stereocenters. The number of sulfonamides is 1. The van der Waals surface area contributed by atoms with Gasteiger partial charge in [0.15, 0.2) is 10.9 Å². The van der Waals surface area contributed by atoms with Gasteiger partial charge in [-0.15, -0.1) is 22.7 Å². The van der Waals surface area contributed by atoms with Gasteiger partial charge in [-0.3, -0.25) is 10.1 Å². The Morgan fingerprint density at radius 1 is 1.07 bits per heavy atom. The van der Waals surface area contributed by atoms with E-state index in [-0.39, 0.29) is 17.3 Å². The SMILES string of the molecule is O=C(Nc1nc(-c2ccco2)cs1)c1ccc(S(=O)(=O)NCc2cccs2)cc1. The van der Waals surface area contributed by atoms with Crippen LogP contribution in [-0.2, 0) is 16.6 Å². The molecule has 4 rings (SSSR count). The number of rotatable bonds is 7. The Bertz CT molecular complexity index is 1200. The van der Waals surface area contributed by atoms with E-state index < -0.39 is 10.0 Å². The van der Waals surface area contributed by atoms with Crippen molar-refractivity contribution in [3.05, 3.63) is 76.0 Å². The van der Waals surface area contributed by atoms with E-state index >= 15 is 0 Å². The van der Waals surface area contributed by atoms with Crippen molar-refractivity contribution in [1.82, 2.24) is 9.71 Å². The van der Waals surface area contributed by atoms with Crippen LogP contribution < -0.4 is 10.0 Å². The molecule has 0 saturated heterocycles. The lowest BCUT2D eigenvalue weighted by molar-refractivity contribution is 0.102. The standard InChI is InChI=1S/C19H15N3O4S3/c23-18(22-19-21-16(12-28-19)17-4-1-9-26-17)13-5-7-15(8-6-13)29(24,25)20-11-14-3-2-10-27-14/h1-10,12,20H,11H2,(H,21,22,23). The molecule has 0 spiro atoms. The molecule has 0 unspecified atom stereocenters. The van der Waals surface area contributed by atoms with E-state index in [4.69, 9.17) is 4.42 Å². The molecule has 2 N–H and O–H groups in total. The largest absolute Gasteiger partial charge is 0.463 e. The monoisotopic (exact) mass is 445 g/mol. The second-order valence-corrected chi connectivity index (χ2v) is 9.55. The van der Waals surface area contributed by atoms with Crippen molar-refractivity contribution in [2.45, 2.75) is 11.4 Å². The highest BCUT2D eigenvalue weighted by atomic mass is 32.2. The summed E-state index contributed by atoms with van der Waals surface area (Å²) in [6.45, 7) is 0.226. The Morgan fingerprint density at radius 2 is 1.90 bits per heavy atom. The second kappa shape index (κ2) is 8.29. The zero-order valence-corrected chi connectivity index (χ0v) is 17.3. The van der Waals surface area contributed by atoms with Gasteiger partial charge in [0.05, 0.1) is 11.2 Å². The average Bonchev–Trinajstić information content (AvgIpc) is 3.48. The van der Waals surface area contributed by atoms with Crippen molar-refractivity contribution in [2.75, 3.05) is 5.32 Å². The molecule has 4 aromatic rings. The smallest absolute Gasteiger partial charge is 0.257 e. The third-order valence-corrected chi connectivity index (χ3v) is 6.99. The van der Waals surface area contributed by atoms with E-state index in [1.807, 2.05) is 17.5 Å². The first kappa shape index (κ1) is 19.5. The van der Waals surface area contributed by atoms with E-state index in [1.165, 1.54) is 46.9 Å². The van der Waals surface area contributed by atoms with Crippen molar-refractivity contribution in [3.8, 4) is 11.5 Å². The Kier molecular flexibility index (Phi) is 5.58. The molecule has 0 aliphatic heterocycles. The number of carbonyl (C=O) groups is 1. The molecule has 1 aromatic carbocycles. The van der Waals surface area contributed by atoms with Gasteiger partial charge in [-0.2, -0.15) is 0 Å². The number of thiophene rings is 1. The summed E-state index contributed by atoms with van der Waals surface area (Å²) in [5.74, 6) is 0.243. The summed E-state index contributed by atoms with van der Waals surface area (Å²) in [6.07, 6.45) is 1.55. The molecule has 3 aromatic heterocycles. The number of carbonyl (C=O) groups excluding carboxylic acids is 1. The maximum atomic E-state index is 12.4. The summed E-state index contributed by atoms with van der Waals surface area (Å²) in [5.41, 5.74) is 0.963. The average molecular weight is 446 g/mol. The van der Waals surface area contributed by atoms with Crippen LogP contribution in [0.5, 0.6) is 0 Å². The molecule has 0 fully saturated rings. The van der Waals surface area contributed by atoms with E-state index in [0.717, 1.165) is 4.88 Å². The van der Waals surface area contributed by atoms with Gasteiger partial charge in [0.1, 0.15) is 5.69 Å². The first-order valence-electron chi connectivity index (χ1n) is 8.44. The summed E-state index contributed by atoms with van der Waals surface area (Å²) in [6, 6.07) is 13.0. The highest BCUT2D eigenvalue weighted by molar-refractivity contribution is 7.89. The minimum absolute atomic E-state index is 0.0972. The molecule has 3 heterocycles. The zero-order valence-electron chi connectivity index (χ0n) is 14.9. The molecular weight excluding hydrogens is 430 g/mol. The van der Waals surface area contributed by atoms with Crippen LogP contribution in [0, 0.1) is 0 Å². The molecular formula is C19H15N3O4S3. The number of hydrogen-bond acceptors (Lipinski definition) is 7. The number of benzene rings is 1. The quantitative estimate of drug-likeness (QED) is 0.444. The predicted octanol–water partition coefficient (Wildman–Crippen LogP) is 4.20. The number of nitrogens with one attached hydrogen (secondary N) is 2. The maximum absolute atomic E-state index is 12.4. The molecule has 10 heteroatoms. The third kappa shape index (κ3) is 4.62. The summed E-state index contributed by atoms with van der Waals surface area (Å²) >= 11 is 2.75. The third-order valence-electron chi connectivity index (χ3n) is 3.94. The van der Waals surface area contributed by atoms with Gasteiger partial charge < -0.3 is 4.42 Å². The fourth-order valence-corrected chi connectivity index (χ4v) is 4.92. The van der Waals surface area contributed by atoms with Gasteiger partial charge in [0.25, 0.3) is 5.91 Å². The van der Waals surface area contributed by atoms with Crippen LogP contribution >= 0.6 is 22.7 Å². The number of hydrogen-bond donors (Lipinski definition) is 2. The van der Waals surface area contributed by atoms with Crippen molar-refractivity contribution in [2.24, 2.45) is 0 Å². The highest BCUT2D eigenvalue weighted by Crippen LogP contribution is 2.25. The fourth-order valence-electron chi connectivity index (χ4n) is 2.49. The van der Waals surface area contributed by atoms with Crippen LogP contribution in [0.25, 0.3) is 11.5 Å². The van der Waals surface area contributed by atoms with Crippen molar-refractivity contribution >= 4 is 43.7 Å². The summed E-state index contributed by atoms with van der Waals surface area (Å²) in [7, 11) is -3.66. The van der Waals surface area contributed by atoms with Crippen molar-refractivity contribution in [3.63, 3.8) is 0 Å². The van der Waals surface area contributed by atoms with Crippen LogP contribution in [0.2, 0.25) is 0 Å². The van der Waals surface area contributed by atoms with Gasteiger partial charge in [0.2, 0.25) is 10.0 Å². The predicted molar refractivity (Wildman–Crippen MR) is 113 cm³/mol. The Hall–Kier alpha value is -2.79. The molecule has 0 bridgehead atoms. The van der Waals surface area contributed by atoms with Gasteiger partial charge >= 0.3 is 0 Å². The van der Waals surface area contributed by atoms with Crippen molar-refractivity contribution in [1.29, 1.82) is 0 Å². The molecule has 0 aliphatic carbocycles. The van der Waals surface area contributed by atoms with Crippen LogP contribution in [0.1, 0.15) is 15.2 Å². The normalized spacial score (nSPS) is 11.4. The second-order valence-electron chi connectivity index (χ2n) is 5.90. The highest BCUT2D eigenvalue weighted by Gasteiger charge is 2.16. The lowest BCUT2D eigenvalue weighted by Crippen LogP contribution is -2.23. The lowest BCUT2D eigenvalue weighted by Gasteiger charge is -2.07. The number of aromatic nitrogens is 1. The van der Waals surface area contributed by atoms with Crippen LogP contribution in [0.3, 0.4) is 0 Å². The first-order valence-corrected chi connectivity index (χ1v) is 11.7. The number of amides is 1. The molecule has 0 aliphatic rings. The maximum Gasteiger partial charge on any atom is 0.257 e. The number of nitrogens with zero attached hydrogens (tertiary/aromatic N) is 1. The van der Waals surface area contributed by atoms with E-state index in [0.29, 0.717) is 22.1 Å². The minimum Gasteiger partial charge on any atom is -0.463 e. The molecule has 0 saturated carbocycles. The molecule has 0 radical (unpaired) electrons. The summed E-state index contributed by atoms with van der Waals surface area (Å²) < 4.78 is 32.6. The van der Waals surface area contributed by atoms with E-state index in [9.17, 15) is 13.2 Å². The Labute approximate surface area is 175 Å².